The third kappa shape index (κ3) is 5.82. The van der Waals surface area contributed by atoms with Crippen LogP contribution < -0.4 is 4.58 Å². The zero-order chi connectivity index (χ0) is 26.9. The molecule has 0 spiro atoms. The molecule has 2 aliphatic rings. The summed E-state index contributed by atoms with van der Waals surface area (Å²) in [6, 6.07) is 7.22. The predicted octanol–water partition coefficient (Wildman–Crippen LogP) is 8.63. The number of allylic oxidation sites excluding steroid dienone is 5. The van der Waals surface area contributed by atoms with E-state index < -0.39 is 20.1 Å². The van der Waals surface area contributed by atoms with Gasteiger partial charge in [-0.2, -0.15) is 0 Å². The minimum absolute atomic E-state index is 0.0670. The van der Waals surface area contributed by atoms with E-state index >= 15 is 0 Å². The van der Waals surface area contributed by atoms with Crippen LogP contribution in [0.15, 0.2) is 64.9 Å². The van der Waals surface area contributed by atoms with E-state index in [0.717, 1.165) is 41.8 Å². The van der Waals surface area contributed by atoms with Crippen LogP contribution in [0.25, 0.3) is 5.70 Å². The number of halogens is 1. The second-order valence-corrected chi connectivity index (χ2v) is 16.3. The first-order chi connectivity index (χ1) is 17.6. The summed E-state index contributed by atoms with van der Waals surface area (Å²) in [6.07, 6.45) is 14.3. The summed E-state index contributed by atoms with van der Waals surface area (Å²) >= 11 is -1.96. The van der Waals surface area contributed by atoms with Gasteiger partial charge in [0.1, 0.15) is 0 Å². The summed E-state index contributed by atoms with van der Waals surface area (Å²) < 4.78 is 7.06. The Morgan fingerprint density at radius 2 is 1.95 bits per heavy atom. The van der Waals surface area contributed by atoms with Gasteiger partial charge in [-0.25, -0.2) is 0 Å². The molecular weight excluding hydrogens is 567 g/mol. The van der Waals surface area contributed by atoms with Gasteiger partial charge in [-0.1, -0.05) is 0 Å². The van der Waals surface area contributed by atoms with Crippen molar-refractivity contribution in [2.24, 2.45) is 5.41 Å². The van der Waals surface area contributed by atoms with Crippen molar-refractivity contribution in [2.45, 2.75) is 79.7 Å². The normalized spacial score (nSPS) is 17.0. The monoisotopic (exact) mass is 609 g/mol. The fourth-order valence-electron chi connectivity index (χ4n) is 4.40. The molecule has 1 saturated carbocycles. The first-order valence-corrected chi connectivity index (χ1v) is 16.5. The zero-order valence-electron chi connectivity index (χ0n) is 23.4. The molecule has 4 rings (SSSR count). The van der Waals surface area contributed by atoms with Gasteiger partial charge >= 0.3 is 232 Å². The molecule has 1 aliphatic carbocycles. The van der Waals surface area contributed by atoms with E-state index in [0.29, 0.717) is 12.0 Å². The Bertz CT molecular complexity index is 1290. The van der Waals surface area contributed by atoms with Crippen LogP contribution in [0.2, 0.25) is 0 Å². The molecular formula is C32H42IN4+. The number of benzene rings is 1. The van der Waals surface area contributed by atoms with Gasteiger partial charge in [0.05, 0.1) is 0 Å². The summed E-state index contributed by atoms with van der Waals surface area (Å²) in [5.74, 6) is 0.654. The molecule has 0 bridgehead atoms. The summed E-state index contributed by atoms with van der Waals surface area (Å²) in [5.41, 5.74) is 7.23. The van der Waals surface area contributed by atoms with Gasteiger partial charge in [0.25, 0.3) is 0 Å². The Morgan fingerprint density at radius 3 is 2.57 bits per heavy atom. The van der Waals surface area contributed by atoms with E-state index in [4.69, 9.17) is 9.97 Å². The number of hydrogen-bond donors (Lipinski definition) is 0. The van der Waals surface area contributed by atoms with E-state index in [1.807, 2.05) is 10.8 Å². The number of hydrogen-bond acceptors (Lipinski definition) is 3. The molecule has 1 aliphatic heterocycles. The third-order valence-corrected chi connectivity index (χ3v) is 13.2. The van der Waals surface area contributed by atoms with E-state index in [-0.39, 0.29) is 5.41 Å². The molecule has 1 aromatic carbocycles. The van der Waals surface area contributed by atoms with Gasteiger partial charge in [0.15, 0.2) is 0 Å². The fourth-order valence-corrected chi connectivity index (χ4v) is 10.7. The zero-order valence-corrected chi connectivity index (χ0v) is 25.6. The number of fused-ring (bicyclic) bond motifs is 1. The van der Waals surface area contributed by atoms with E-state index in [1.165, 1.54) is 31.2 Å². The topological polar surface area (TPSA) is 32.0 Å². The van der Waals surface area contributed by atoms with Crippen LogP contribution in [0.1, 0.15) is 77.5 Å². The van der Waals surface area contributed by atoms with Gasteiger partial charge in [-0.05, 0) is 0 Å². The summed E-state index contributed by atoms with van der Waals surface area (Å²) in [7, 11) is 0. The molecule has 4 nitrogen and oxygen atoms in total. The van der Waals surface area contributed by atoms with Gasteiger partial charge in [0.2, 0.25) is 0 Å². The van der Waals surface area contributed by atoms with E-state index in [9.17, 15) is 0 Å². The van der Waals surface area contributed by atoms with Crippen LogP contribution in [0, 0.1) is 9.12 Å². The summed E-state index contributed by atoms with van der Waals surface area (Å²) in [5, 5.41) is 0. The Morgan fingerprint density at radius 1 is 1.22 bits per heavy atom. The molecule has 0 amide bonds. The molecule has 1 fully saturated rings. The summed E-state index contributed by atoms with van der Waals surface area (Å²) in [4.78, 5) is 9.93. The Kier molecular flexibility index (Phi) is 8.22. The van der Waals surface area contributed by atoms with Gasteiger partial charge in [0, 0.05) is 0 Å². The average molecular weight is 610 g/mol. The van der Waals surface area contributed by atoms with Crippen molar-refractivity contribution in [3.05, 3.63) is 85.3 Å². The van der Waals surface area contributed by atoms with Crippen molar-refractivity contribution < 1.29 is 0 Å². The molecule has 37 heavy (non-hydrogen) atoms. The van der Waals surface area contributed by atoms with Gasteiger partial charge < -0.3 is 0 Å². The molecule has 0 unspecified atom stereocenters. The molecule has 2 heterocycles. The molecule has 0 saturated heterocycles. The first kappa shape index (κ1) is 27.5. The van der Waals surface area contributed by atoms with Crippen LogP contribution in [0.3, 0.4) is 0 Å². The van der Waals surface area contributed by atoms with Crippen molar-refractivity contribution in [2.75, 3.05) is 0 Å². The van der Waals surface area contributed by atoms with Crippen LogP contribution in [0.4, 0.5) is 11.6 Å². The van der Waals surface area contributed by atoms with Crippen LogP contribution >= 0.6 is 20.1 Å². The number of aryl methyl sites for hydroxylation is 2. The van der Waals surface area contributed by atoms with Crippen molar-refractivity contribution in [1.82, 2.24) is 17.7 Å². The van der Waals surface area contributed by atoms with Crippen LogP contribution in [0.5, 0.6) is 0 Å². The number of rotatable bonds is 9. The Hall–Kier alpha value is -2.54. The van der Waals surface area contributed by atoms with E-state index in [1.54, 1.807) is 0 Å². The maximum atomic E-state index is 5.18. The molecule has 5 heteroatoms. The second kappa shape index (κ2) is 11.1. The standard InChI is InChI=1S/C32H42IN4/c1-10-13-26-16-17-28(20-25(26)11-2)36(9)31-34-21-29-24(5)37(27-18-19-27)33(30(29)35-31)23(4)15-12-14-22(3)32(6,7)8/h12,14-17,20-21,27H,3,5,9-11,13,18-19H2,1-2,4,6-8H3/q+1/b14-12-,23-15?. The predicted molar refractivity (Wildman–Crippen MR) is 169 cm³/mol. The van der Waals surface area contributed by atoms with E-state index in [2.05, 4.69) is 101 Å². The van der Waals surface area contributed by atoms with Crippen LogP contribution in [-0.4, -0.2) is 25.8 Å². The quantitative estimate of drug-likeness (QED) is 0.0713. The van der Waals surface area contributed by atoms with Crippen molar-refractivity contribution in [1.29, 1.82) is 0 Å². The Balaban J connectivity index is 1.69. The minimum atomic E-state index is -1.96. The van der Waals surface area contributed by atoms with Crippen molar-refractivity contribution in [3.63, 3.8) is 0 Å². The van der Waals surface area contributed by atoms with Gasteiger partial charge in [-0.3, -0.25) is 0 Å². The number of aromatic nitrogens is 2. The first-order valence-electron chi connectivity index (χ1n) is 13.4. The Labute approximate surface area is 231 Å². The summed E-state index contributed by atoms with van der Waals surface area (Å²) in [6.45, 7) is 26.4. The van der Waals surface area contributed by atoms with Crippen molar-refractivity contribution >= 4 is 44.1 Å². The number of nitrogens with zero attached hydrogens (tertiary/aromatic N) is 4. The molecule has 0 radical (unpaired) electrons. The molecule has 0 N–H and O–H groups in total. The molecule has 196 valence electrons. The van der Waals surface area contributed by atoms with Crippen LogP contribution in [-0.2, 0) is 12.8 Å². The van der Waals surface area contributed by atoms with Crippen molar-refractivity contribution in [3.8, 4) is 0 Å². The molecule has 0 atom stereocenters. The van der Waals surface area contributed by atoms with Gasteiger partial charge in [-0.15, -0.1) is 0 Å². The second-order valence-electron chi connectivity index (χ2n) is 11.0. The molecule has 1 aromatic heterocycles. The fraction of sp³-hybridized carbons (Fsp3) is 0.406. The SMILES string of the molecule is C=C1c2cnc([N+](=C)c3ccc(CCC)c(CC)c3)nc2I(C(C)=C/C=C\C(=C)C(C)(C)C)N1C1CC1. The average Bonchev–Trinajstić information content (AvgIpc) is 3.66. The third-order valence-electron chi connectivity index (χ3n) is 7.03. The molecule has 2 aromatic rings. The maximum absolute atomic E-state index is 5.18.